The van der Waals surface area contributed by atoms with Crippen LogP contribution < -0.4 is 5.32 Å². The largest absolute Gasteiger partial charge is 0.349 e. The minimum atomic E-state index is -0.119. The molecule has 1 atom stereocenters. The Kier molecular flexibility index (Phi) is 2.91. The van der Waals surface area contributed by atoms with Crippen LogP contribution in [0.15, 0.2) is 22.7 Å². The Balaban J connectivity index is 1.37. The second-order valence-corrected chi connectivity index (χ2v) is 7.77. The van der Waals surface area contributed by atoms with Gasteiger partial charge in [-0.1, -0.05) is 24.2 Å². The van der Waals surface area contributed by atoms with Crippen molar-refractivity contribution in [2.75, 3.05) is 0 Å². The number of amides is 1. The van der Waals surface area contributed by atoms with Crippen molar-refractivity contribution in [3.8, 4) is 11.4 Å². The number of hydrogen-bond acceptors (Lipinski definition) is 4. The topological polar surface area (TPSA) is 68.0 Å². The number of carbonyl (C=O) groups excluding carboxylic acids is 1. The third-order valence-electron chi connectivity index (χ3n) is 5.70. The first-order chi connectivity index (χ1) is 11.6. The lowest BCUT2D eigenvalue weighted by Gasteiger charge is -2.17. The van der Waals surface area contributed by atoms with E-state index in [0.29, 0.717) is 11.7 Å². The van der Waals surface area contributed by atoms with Crippen LogP contribution in [0.5, 0.6) is 0 Å². The molecule has 3 aliphatic carbocycles. The molecular formula is C19H21N3O2. The van der Waals surface area contributed by atoms with Crippen molar-refractivity contribution in [1.29, 1.82) is 0 Å². The van der Waals surface area contributed by atoms with Crippen LogP contribution in [-0.2, 0) is 11.2 Å². The molecule has 3 aliphatic rings. The Morgan fingerprint density at radius 2 is 2.12 bits per heavy atom. The van der Waals surface area contributed by atoms with E-state index in [9.17, 15) is 4.79 Å². The molecule has 2 fully saturated rings. The molecule has 5 nitrogen and oxygen atoms in total. The fourth-order valence-corrected chi connectivity index (χ4v) is 3.50. The number of aromatic nitrogens is 2. The molecule has 0 aliphatic heterocycles. The third kappa shape index (κ3) is 2.34. The van der Waals surface area contributed by atoms with E-state index in [1.54, 1.807) is 0 Å². The molecule has 0 spiro atoms. The van der Waals surface area contributed by atoms with Gasteiger partial charge < -0.3 is 9.84 Å². The Morgan fingerprint density at radius 3 is 2.88 bits per heavy atom. The van der Waals surface area contributed by atoms with Crippen molar-refractivity contribution in [3.63, 3.8) is 0 Å². The minimum Gasteiger partial charge on any atom is -0.349 e. The van der Waals surface area contributed by atoms with E-state index in [-0.39, 0.29) is 17.4 Å². The van der Waals surface area contributed by atoms with Crippen LogP contribution in [0.4, 0.5) is 0 Å². The quantitative estimate of drug-likeness (QED) is 0.935. The Labute approximate surface area is 140 Å². The van der Waals surface area contributed by atoms with Gasteiger partial charge >= 0.3 is 0 Å². The number of hydrogen-bond donors (Lipinski definition) is 1. The zero-order chi connectivity index (χ0) is 16.3. The number of rotatable bonds is 4. The van der Waals surface area contributed by atoms with Crippen LogP contribution in [0.1, 0.15) is 68.0 Å². The first-order valence-electron chi connectivity index (χ1n) is 8.90. The van der Waals surface area contributed by atoms with E-state index in [2.05, 4.69) is 34.5 Å². The highest BCUT2D eigenvalue weighted by Crippen LogP contribution is 2.46. The van der Waals surface area contributed by atoms with Gasteiger partial charge in [-0.15, -0.1) is 0 Å². The molecule has 1 unspecified atom stereocenters. The van der Waals surface area contributed by atoms with E-state index >= 15 is 0 Å². The van der Waals surface area contributed by atoms with Gasteiger partial charge in [-0.3, -0.25) is 4.79 Å². The zero-order valence-electron chi connectivity index (χ0n) is 13.8. The molecule has 1 aromatic heterocycles. The van der Waals surface area contributed by atoms with Gasteiger partial charge in [0.2, 0.25) is 17.6 Å². The molecule has 5 heteroatoms. The summed E-state index contributed by atoms with van der Waals surface area (Å²) in [5, 5.41) is 7.36. The van der Waals surface area contributed by atoms with Crippen LogP contribution in [0.2, 0.25) is 0 Å². The highest BCUT2D eigenvalue weighted by Gasteiger charge is 2.45. The summed E-state index contributed by atoms with van der Waals surface area (Å²) in [7, 11) is 0. The second-order valence-electron chi connectivity index (χ2n) is 7.77. The zero-order valence-corrected chi connectivity index (χ0v) is 13.8. The molecule has 0 radical (unpaired) electrons. The van der Waals surface area contributed by atoms with Crippen molar-refractivity contribution < 1.29 is 9.32 Å². The second kappa shape index (κ2) is 4.91. The standard InChI is InChI=1S/C19H21N3O2/c1-19(8-9-19)18(23)20-15-7-5-12-10-13(4-6-14(12)15)16-21-17(24-22-16)11-2-3-11/h4,6,10-11,15H,2-3,5,7-9H2,1H3,(H,20,23). The first kappa shape index (κ1) is 14.2. The molecular weight excluding hydrogens is 302 g/mol. The number of nitrogens with one attached hydrogen (secondary N) is 1. The predicted molar refractivity (Wildman–Crippen MR) is 88.3 cm³/mol. The maximum Gasteiger partial charge on any atom is 0.230 e. The number of fused-ring (bicyclic) bond motifs is 1. The smallest absolute Gasteiger partial charge is 0.230 e. The van der Waals surface area contributed by atoms with Crippen LogP contribution in [0.3, 0.4) is 0 Å². The Hall–Kier alpha value is -2.17. The fourth-order valence-electron chi connectivity index (χ4n) is 3.50. The Morgan fingerprint density at radius 1 is 1.29 bits per heavy atom. The number of aryl methyl sites for hydroxylation is 1. The van der Waals surface area contributed by atoms with Crippen molar-refractivity contribution in [2.45, 2.75) is 57.4 Å². The lowest BCUT2D eigenvalue weighted by Crippen LogP contribution is -2.32. The lowest BCUT2D eigenvalue weighted by atomic mass is 10.0. The molecule has 5 rings (SSSR count). The van der Waals surface area contributed by atoms with Gasteiger partial charge in [-0.05, 0) is 55.7 Å². The van der Waals surface area contributed by atoms with Crippen LogP contribution in [0, 0.1) is 5.41 Å². The van der Waals surface area contributed by atoms with Crippen molar-refractivity contribution in [3.05, 3.63) is 35.2 Å². The fraction of sp³-hybridized carbons (Fsp3) is 0.526. The summed E-state index contributed by atoms with van der Waals surface area (Å²) in [5.41, 5.74) is 3.41. The monoisotopic (exact) mass is 323 g/mol. The van der Waals surface area contributed by atoms with Crippen molar-refractivity contribution in [2.24, 2.45) is 5.41 Å². The summed E-state index contributed by atoms with van der Waals surface area (Å²) < 4.78 is 5.36. The number of benzene rings is 1. The summed E-state index contributed by atoms with van der Waals surface area (Å²) in [6.07, 6.45) is 6.30. The van der Waals surface area contributed by atoms with E-state index < -0.39 is 0 Å². The van der Waals surface area contributed by atoms with Gasteiger partial charge in [0.15, 0.2) is 0 Å². The van der Waals surface area contributed by atoms with E-state index in [1.807, 2.05) is 6.07 Å². The van der Waals surface area contributed by atoms with Crippen molar-refractivity contribution in [1.82, 2.24) is 15.5 Å². The van der Waals surface area contributed by atoms with Crippen LogP contribution >= 0.6 is 0 Å². The van der Waals surface area contributed by atoms with Gasteiger partial charge in [0.1, 0.15) is 0 Å². The van der Waals surface area contributed by atoms with E-state index in [1.165, 1.54) is 11.1 Å². The molecule has 124 valence electrons. The summed E-state index contributed by atoms with van der Waals surface area (Å²) in [4.78, 5) is 16.8. The molecule has 1 amide bonds. The highest BCUT2D eigenvalue weighted by molar-refractivity contribution is 5.85. The summed E-state index contributed by atoms with van der Waals surface area (Å²) in [6.45, 7) is 2.05. The third-order valence-corrected chi connectivity index (χ3v) is 5.70. The van der Waals surface area contributed by atoms with E-state index in [4.69, 9.17) is 4.52 Å². The molecule has 24 heavy (non-hydrogen) atoms. The summed E-state index contributed by atoms with van der Waals surface area (Å²) in [6, 6.07) is 6.46. The summed E-state index contributed by atoms with van der Waals surface area (Å²) >= 11 is 0. The number of nitrogens with zero attached hydrogens (tertiary/aromatic N) is 2. The van der Waals surface area contributed by atoms with Gasteiger partial charge in [-0.25, -0.2) is 0 Å². The van der Waals surface area contributed by atoms with Gasteiger partial charge in [0, 0.05) is 16.9 Å². The molecule has 1 N–H and O–H groups in total. The Bertz CT molecular complexity index is 818. The van der Waals surface area contributed by atoms with Gasteiger partial charge in [0.05, 0.1) is 6.04 Å². The SMILES string of the molecule is CC1(C(=O)NC2CCc3cc(-c4noc(C5CC5)n4)ccc32)CC1. The van der Waals surface area contributed by atoms with Crippen molar-refractivity contribution >= 4 is 5.91 Å². The molecule has 1 aromatic carbocycles. The van der Waals surface area contributed by atoms with Gasteiger partial charge in [0.25, 0.3) is 0 Å². The average molecular weight is 323 g/mol. The van der Waals surface area contributed by atoms with E-state index in [0.717, 1.165) is 50.0 Å². The summed E-state index contributed by atoms with van der Waals surface area (Å²) in [5.74, 6) is 2.13. The molecule has 2 saturated carbocycles. The molecule has 1 heterocycles. The average Bonchev–Trinajstić information content (AvgIpc) is 3.49. The maximum absolute atomic E-state index is 12.3. The van der Waals surface area contributed by atoms with Crippen LogP contribution in [0.25, 0.3) is 11.4 Å². The maximum atomic E-state index is 12.3. The van der Waals surface area contributed by atoms with Gasteiger partial charge in [-0.2, -0.15) is 4.98 Å². The highest BCUT2D eigenvalue weighted by atomic mass is 16.5. The first-order valence-corrected chi connectivity index (χ1v) is 8.90. The normalized spacial score (nSPS) is 23.8. The lowest BCUT2D eigenvalue weighted by molar-refractivity contribution is -0.126. The molecule has 2 aromatic rings. The molecule has 0 bridgehead atoms. The minimum absolute atomic E-state index is 0.119. The predicted octanol–water partition coefficient (Wildman–Crippen LogP) is 3.52. The van der Waals surface area contributed by atoms with Crippen LogP contribution in [-0.4, -0.2) is 16.0 Å². The molecule has 0 saturated heterocycles. The number of carbonyl (C=O) groups is 1.